The normalized spacial score (nSPS) is 15.2. The number of esters is 2. The van der Waals surface area contributed by atoms with E-state index in [2.05, 4.69) is 5.32 Å². The Hall–Kier alpha value is -3.68. The quantitative estimate of drug-likeness (QED) is 0.446. The molecule has 0 bridgehead atoms. The molecule has 34 heavy (non-hydrogen) atoms. The van der Waals surface area contributed by atoms with E-state index in [9.17, 15) is 19.2 Å². The number of unbranched alkanes of at least 4 members (excludes halogenated alkanes) is 1. The molecule has 8 nitrogen and oxygen atoms in total. The number of ether oxygens (including phenoxy) is 2. The molecule has 1 atom stereocenters. The molecule has 1 aliphatic rings. The Balaban J connectivity index is 1.46. The highest BCUT2D eigenvalue weighted by molar-refractivity contribution is 6.00. The number of carbonyl (C=O) groups excluding carboxylic acids is 4. The van der Waals surface area contributed by atoms with Gasteiger partial charge in [0.05, 0.1) is 18.1 Å². The van der Waals surface area contributed by atoms with Crippen molar-refractivity contribution in [1.29, 1.82) is 0 Å². The van der Waals surface area contributed by atoms with Crippen molar-refractivity contribution < 1.29 is 28.7 Å². The van der Waals surface area contributed by atoms with Gasteiger partial charge in [-0.3, -0.25) is 14.4 Å². The van der Waals surface area contributed by atoms with Crippen LogP contribution >= 0.6 is 0 Å². The van der Waals surface area contributed by atoms with Gasteiger partial charge in [-0.1, -0.05) is 19.4 Å². The predicted octanol–water partition coefficient (Wildman–Crippen LogP) is 3.80. The van der Waals surface area contributed by atoms with Gasteiger partial charge in [-0.25, -0.2) is 4.79 Å². The standard InChI is InChI=1S/C26H30N2O6/c1-4-5-12-33-25(31)19-7-9-21(10-8-19)27-23(29)16-34-26(32)20-14-24(30)28(15-20)22-11-6-17(2)18(3)13-22/h6-11,13,20H,4-5,12,14-16H2,1-3H3,(H,27,29)/t20-/m0/s1. The SMILES string of the molecule is CCCCOC(=O)c1ccc(NC(=O)COC(=O)[C@H]2CC(=O)N(c3ccc(C)c(C)c3)C2)cc1. The summed E-state index contributed by atoms with van der Waals surface area (Å²) >= 11 is 0. The third kappa shape index (κ3) is 6.43. The van der Waals surface area contributed by atoms with E-state index in [-0.39, 0.29) is 18.9 Å². The number of nitrogens with one attached hydrogen (secondary N) is 1. The van der Waals surface area contributed by atoms with Crippen molar-refractivity contribution in [2.45, 2.75) is 40.0 Å². The lowest BCUT2D eigenvalue weighted by Gasteiger charge is -2.17. The molecular formula is C26H30N2O6. The molecule has 1 fully saturated rings. The number of benzene rings is 2. The molecule has 2 aromatic rings. The van der Waals surface area contributed by atoms with Gasteiger partial charge in [0.15, 0.2) is 6.61 Å². The number of aryl methyl sites for hydroxylation is 2. The van der Waals surface area contributed by atoms with Gasteiger partial charge in [0.2, 0.25) is 5.91 Å². The van der Waals surface area contributed by atoms with E-state index in [1.807, 2.05) is 39.0 Å². The lowest BCUT2D eigenvalue weighted by molar-refractivity contribution is -0.151. The van der Waals surface area contributed by atoms with E-state index in [4.69, 9.17) is 9.47 Å². The average molecular weight is 467 g/mol. The molecule has 0 saturated carbocycles. The molecule has 3 rings (SSSR count). The van der Waals surface area contributed by atoms with Crippen LogP contribution in [0.3, 0.4) is 0 Å². The zero-order chi connectivity index (χ0) is 24.7. The Labute approximate surface area is 199 Å². The summed E-state index contributed by atoms with van der Waals surface area (Å²) < 4.78 is 10.3. The Morgan fingerprint density at radius 3 is 2.44 bits per heavy atom. The highest BCUT2D eigenvalue weighted by Crippen LogP contribution is 2.27. The van der Waals surface area contributed by atoms with Gasteiger partial charge >= 0.3 is 11.9 Å². The molecule has 0 radical (unpaired) electrons. The van der Waals surface area contributed by atoms with Crippen LogP contribution in [-0.4, -0.2) is 43.5 Å². The third-order valence-electron chi connectivity index (χ3n) is 5.74. The van der Waals surface area contributed by atoms with Gasteiger partial charge in [0.25, 0.3) is 5.91 Å². The van der Waals surface area contributed by atoms with E-state index in [1.54, 1.807) is 29.2 Å². The summed E-state index contributed by atoms with van der Waals surface area (Å²) in [7, 11) is 0. The van der Waals surface area contributed by atoms with E-state index < -0.39 is 30.4 Å². The highest BCUT2D eigenvalue weighted by Gasteiger charge is 2.36. The second-order valence-electron chi connectivity index (χ2n) is 8.40. The molecular weight excluding hydrogens is 436 g/mol. The van der Waals surface area contributed by atoms with Crippen molar-refractivity contribution in [2.75, 3.05) is 30.0 Å². The van der Waals surface area contributed by atoms with Gasteiger partial charge in [-0.05, 0) is 67.8 Å². The second kappa shape index (κ2) is 11.4. The Bertz CT molecular complexity index is 1060. The van der Waals surface area contributed by atoms with Gasteiger partial charge < -0.3 is 19.7 Å². The fourth-order valence-electron chi connectivity index (χ4n) is 3.54. The molecule has 2 aromatic carbocycles. The van der Waals surface area contributed by atoms with E-state index in [0.29, 0.717) is 17.9 Å². The summed E-state index contributed by atoms with van der Waals surface area (Å²) in [5.41, 5.74) is 3.79. The molecule has 1 N–H and O–H groups in total. The largest absolute Gasteiger partial charge is 0.462 e. The van der Waals surface area contributed by atoms with Gasteiger partial charge in [-0.2, -0.15) is 0 Å². The first-order valence-electron chi connectivity index (χ1n) is 11.4. The second-order valence-corrected chi connectivity index (χ2v) is 8.40. The van der Waals surface area contributed by atoms with Crippen LogP contribution in [-0.2, 0) is 23.9 Å². The zero-order valence-corrected chi connectivity index (χ0v) is 19.8. The molecule has 0 unspecified atom stereocenters. The maximum Gasteiger partial charge on any atom is 0.338 e. The van der Waals surface area contributed by atoms with E-state index in [0.717, 1.165) is 29.7 Å². The first-order chi connectivity index (χ1) is 16.3. The van der Waals surface area contributed by atoms with Crippen LogP contribution in [0.1, 0.15) is 47.7 Å². The van der Waals surface area contributed by atoms with Gasteiger partial charge in [-0.15, -0.1) is 0 Å². The number of anilines is 2. The number of nitrogens with zero attached hydrogens (tertiary/aromatic N) is 1. The number of carbonyl (C=O) groups is 4. The third-order valence-corrected chi connectivity index (χ3v) is 5.74. The fourth-order valence-corrected chi connectivity index (χ4v) is 3.54. The van der Waals surface area contributed by atoms with Crippen LogP contribution in [0.5, 0.6) is 0 Å². The maximum atomic E-state index is 12.4. The first kappa shape index (κ1) is 25.0. The lowest BCUT2D eigenvalue weighted by Crippen LogP contribution is -2.28. The molecule has 1 saturated heterocycles. The van der Waals surface area contributed by atoms with Crippen LogP contribution in [0.15, 0.2) is 42.5 Å². The van der Waals surface area contributed by atoms with Crippen LogP contribution in [0.2, 0.25) is 0 Å². The van der Waals surface area contributed by atoms with Crippen molar-refractivity contribution >= 4 is 35.1 Å². The Morgan fingerprint density at radius 1 is 1.03 bits per heavy atom. The smallest absolute Gasteiger partial charge is 0.338 e. The first-order valence-corrected chi connectivity index (χ1v) is 11.4. The van der Waals surface area contributed by atoms with Gasteiger partial charge in [0.1, 0.15) is 0 Å². The zero-order valence-electron chi connectivity index (χ0n) is 19.8. The maximum absolute atomic E-state index is 12.4. The van der Waals surface area contributed by atoms with Crippen LogP contribution < -0.4 is 10.2 Å². The predicted molar refractivity (Wildman–Crippen MR) is 128 cm³/mol. The Morgan fingerprint density at radius 2 is 1.76 bits per heavy atom. The number of amides is 2. The van der Waals surface area contributed by atoms with Crippen molar-refractivity contribution in [1.82, 2.24) is 0 Å². The molecule has 1 aliphatic heterocycles. The highest BCUT2D eigenvalue weighted by atomic mass is 16.5. The molecule has 0 spiro atoms. The molecule has 8 heteroatoms. The summed E-state index contributed by atoms with van der Waals surface area (Å²) in [6.07, 6.45) is 1.78. The average Bonchev–Trinajstić information content (AvgIpc) is 3.21. The summed E-state index contributed by atoms with van der Waals surface area (Å²) in [4.78, 5) is 50.6. The minimum atomic E-state index is -0.625. The van der Waals surface area contributed by atoms with E-state index >= 15 is 0 Å². The van der Waals surface area contributed by atoms with Crippen LogP contribution in [0, 0.1) is 19.8 Å². The van der Waals surface area contributed by atoms with Crippen molar-refractivity contribution in [3.05, 3.63) is 59.2 Å². The van der Waals surface area contributed by atoms with Gasteiger partial charge in [0, 0.05) is 24.3 Å². The van der Waals surface area contributed by atoms with Crippen molar-refractivity contribution in [2.24, 2.45) is 5.92 Å². The summed E-state index contributed by atoms with van der Waals surface area (Å²) in [6, 6.07) is 12.0. The topological polar surface area (TPSA) is 102 Å². The number of rotatable bonds is 9. The fraction of sp³-hybridized carbons (Fsp3) is 0.385. The molecule has 0 aliphatic carbocycles. The minimum absolute atomic E-state index is 0.0448. The summed E-state index contributed by atoms with van der Waals surface area (Å²) in [5, 5.41) is 2.62. The summed E-state index contributed by atoms with van der Waals surface area (Å²) in [6.45, 7) is 6.10. The van der Waals surface area contributed by atoms with Crippen molar-refractivity contribution in [3.63, 3.8) is 0 Å². The molecule has 180 valence electrons. The van der Waals surface area contributed by atoms with Crippen LogP contribution in [0.25, 0.3) is 0 Å². The molecule has 0 aromatic heterocycles. The lowest BCUT2D eigenvalue weighted by atomic mass is 10.1. The number of hydrogen-bond acceptors (Lipinski definition) is 6. The van der Waals surface area contributed by atoms with E-state index in [1.165, 1.54) is 0 Å². The minimum Gasteiger partial charge on any atom is -0.462 e. The molecule has 1 heterocycles. The summed E-state index contributed by atoms with van der Waals surface area (Å²) in [5.74, 6) is -2.29. The Kier molecular flexibility index (Phi) is 8.40. The molecule has 2 amide bonds. The monoisotopic (exact) mass is 466 g/mol. The van der Waals surface area contributed by atoms with Crippen molar-refractivity contribution in [3.8, 4) is 0 Å². The number of hydrogen-bond donors (Lipinski definition) is 1. The van der Waals surface area contributed by atoms with Crippen LogP contribution in [0.4, 0.5) is 11.4 Å².